The van der Waals surface area contributed by atoms with E-state index in [9.17, 15) is 0 Å². The zero-order valence-corrected chi connectivity index (χ0v) is 5.62. The molecule has 0 saturated carbocycles. The Bertz CT molecular complexity index is 188. The van der Waals surface area contributed by atoms with Gasteiger partial charge in [0.2, 0.25) is 0 Å². The summed E-state index contributed by atoms with van der Waals surface area (Å²) in [6.07, 6.45) is 2.50. The van der Waals surface area contributed by atoms with Crippen molar-refractivity contribution in [3.63, 3.8) is 0 Å². The van der Waals surface area contributed by atoms with Crippen LogP contribution in [-0.2, 0) is 0 Å². The highest BCUT2D eigenvalue weighted by molar-refractivity contribution is 5.12. The van der Waals surface area contributed by atoms with E-state index in [0.29, 0.717) is 0 Å². The van der Waals surface area contributed by atoms with E-state index in [4.69, 9.17) is 0 Å². The van der Waals surface area contributed by atoms with E-state index in [-0.39, 0.29) is 0 Å². The van der Waals surface area contributed by atoms with Crippen molar-refractivity contribution in [1.82, 2.24) is 25.5 Å². The van der Waals surface area contributed by atoms with Crippen molar-refractivity contribution in [2.75, 3.05) is 13.1 Å². The number of aromatic amines is 1. The van der Waals surface area contributed by atoms with Gasteiger partial charge in [0.15, 0.2) is 0 Å². The first-order valence-corrected chi connectivity index (χ1v) is 3.45. The summed E-state index contributed by atoms with van der Waals surface area (Å²) in [6, 6.07) is 0. The molecule has 53 valence electrons. The zero-order chi connectivity index (χ0) is 6.81. The van der Waals surface area contributed by atoms with E-state index in [2.05, 4.69) is 25.5 Å². The highest BCUT2D eigenvalue weighted by atomic mass is 15.5. The van der Waals surface area contributed by atoms with Crippen LogP contribution >= 0.6 is 0 Å². The standard InChI is InChI=1S/C5H9N5/c1-2-4-10(3-1)5-6-8-9-7-5/h1-4H2,(H,6,7,8,9)/q+1. The van der Waals surface area contributed by atoms with Gasteiger partial charge in [-0.25, -0.2) is 0 Å². The summed E-state index contributed by atoms with van der Waals surface area (Å²) in [5.41, 5.74) is 0. The van der Waals surface area contributed by atoms with Gasteiger partial charge in [-0.2, -0.15) is 5.10 Å². The number of H-pyrrole nitrogens is 1. The van der Waals surface area contributed by atoms with Gasteiger partial charge in [0.1, 0.15) is 13.1 Å². The molecule has 1 saturated heterocycles. The van der Waals surface area contributed by atoms with Crippen LogP contribution in [0, 0.1) is 0 Å². The number of aromatic nitrogens is 4. The van der Waals surface area contributed by atoms with Crippen LogP contribution in [0.1, 0.15) is 12.8 Å². The Kier molecular flexibility index (Phi) is 1.35. The second kappa shape index (κ2) is 2.34. The zero-order valence-electron chi connectivity index (χ0n) is 5.62. The predicted octanol–water partition coefficient (Wildman–Crippen LogP) is -0.235. The number of nitrogens with zero attached hydrogens (tertiary/aromatic N) is 4. The lowest BCUT2D eigenvalue weighted by Gasteiger charge is -1.93. The molecule has 5 heteroatoms. The molecule has 2 rings (SSSR count). The van der Waals surface area contributed by atoms with Gasteiger partial charge in [0, 0.05) is 12.8 Å². The normalized spacial score (nSPS) is 20.0. The maximum absolute atomic E-state index is 3.81. The van der Waals surface area contributed by atoms with Gasteiger partial charge in [0.25, 0.3) is 0 Å². The van der Waals surface area contributed by atoms with Crippen molar-refractivity contribution in [3.05, 3.63) is 0 Å². The molecule has 1 aliphatic rings. The third-order valence-corrected chi connectivity index (χ3v) is 1.74. The van der Waals surface area contributed by atoms with Crippen molar-refractivity contribution in [2.45, 2.75) is 12.8 Å². The number of tetrazole rings is 1. The first kappa shape index (κ1) is 5.79. The summed E-state index contributed by atoms with van der Waals surface area (Å²) in [5, 5.41) is 13.5. The van der Waals surface area contributed by atoms with E-state index in [1.165, 1.54) is 12.8 Å². The van der Waals surface area contributed by atoms with Gasteiger partial charge in [0.05, 0.1) is 0 Å². The molecule has 1 aliphatic heterocycles. The minimum Gasteiger partial charge on any atom is -0.188 e. The van der Waals surface area contributed by atoms with E-state index in [1.54, 1.807) is 0 Å². The Labute approximate surface area is 58.4 Å². The van der Waals surface area contributed by atoms with Gasteiger partial charge in [-0.05, 0) is 15.5 Å². The Hall–Kier alpha value is -0.970. The Morgan fingerprint density at radius 2 is 2.10 bits per heavy atom. The van der Waals surface area contributed by atoms with Gasteiger partial charge in [-0.1, -0.05) is 4.90 Å². The van der Waals surface area contributed by atoms with Crippen LogP contribution in [0.3, 0.4) is 0 Å². The molecule has 0 atom stereocenters. The predicted molar refractivity (Wildman–Crippen MR) is 34.9 cm³/mol. The topological polar surface area (TPSA) is 60.4 Å². The minimum absolute atomic E-state index is 0.803. The van der Waals surface area contributed by atoms with Crippen molar-refractivity contribution in [3.8, 4) is 0 Å². The lowest BCUT2D eigenvalue weighted by molar-refractivity contribution is 0.612. The largest absolute Gasteiger partial charge is 0.394 e. The molecular weight excluding hydrogens is 130 g/mol. The molecule has 1 fully saturated rings. The molecule has 1 aromatic heterocycles. The number of anilines is 1. The molecular formula is C5H9N5+. The number of hydrogen-bond acceptors (Lipinski definition) is 4. The Balaban J connectivity index is 2.12. The fourth-order valence-corrected chi connectivity index (χ4v) is 1.22. The molecule has 10 heavy (non-hydrogen) atoms. The lowest BCUT2D eigenvalue weighted by Crippen LogP contribution is -2.20. The fourth-order valence-electron chi connectivity index (χ4n) is 1.22. The molecule has 2 heterocycles. The fraction of sp³-hybridized carbons (Fsp3) is 0.800. The molecule has 1 N–H and O–H groups in total. The second-order valence-electron chi connectivity index (χ2n) is 2.42. The second-order valence-corrected chi connectivity index (χ2v) is 2.42. The van der Waals surface area contributed by atoms with Gasteiger partial charge in [-0.3, -0.25) is 0 Å². The van der Waals surface area contributed by atoms with Crippen LogP contribution in [0.5, 0.6) is 0 Å². The molecule has 0 amide bonds. The van der Waals surface area contributed by atoms with Gasteiger partial charge in [-0.15, -0.1) is 0 Å². The number of nitrogens with one attached hydrogen (secondary N) is 1. The van der Waals surface area contributed by atoms with E-state index in [1.807, 2.05) is 0 Å². The smallest absolute Gasteiger partial charge is 0.188 e. The van der Waals surface area contributed by atoms with Gasteiger partial charge < -0.3 is 0 Å². The molecule has 0 aliphatic carbocycles. The van der Waals surface area contributed by atoms with Gasteiger partial charge >= 0.3 is 5.95 Å². The first-order valence-electron chi connectivity index (χ1n) is 3.45. The Morgan fingerprint density at radius 3 is 2.70 bits per heavy atom. The van der Waals surface area contributed by atoms with Crippen LogP contribution in [0.25, 0.3) is 0 Å². The van der Waals surface area contributed by atoms with Crippen LogP contribution in [-0.4, -0.2) is 33.7 Å². The van der Waals surface area contributed by atoms with E-state index >= 15 is 0 Å². The third kappa shape index (κ3) is 0.881. The molecule has 5 nitrogen and oxygen atoms in total. The van der Waals surface area contributed by atoms with Crippen molar-refractivity contribution in [2.24, 2.45) is 0 Å². The molecule has 0 aromatic carbocycles. The summed E-state index contributed by atoms with van der Waals surface area (Å²) in [7, 11) is 0. The minimum atomic E-state index is 0.803. The third-order valence-electron chi connectivity index (χ3n) is 1.74. The average molecular weight is 139 g/mol. The summed E-state index contributed by atoms with van der Waals surface area (Å²) >= 11 is 0. The summed E-state index contributed by atoms with van der Waals surface area (Å²) in [4.78, 5) is 2.15. The molecule has 1 aromatic rings. The number of hydrogen-bond donors (Lipinski definition) is 1. The molecule has 0 bridgehead atoms. The monoisotopic (exact) mass is 139 g/mol. The van der Waals surface area contributed by atoms with Crippen LogP contribution in [0.15, 0.2) is 0 Å². The quantitative estimate of drug-likeness (QED) is 0.546. The molecule has 0 spiro atoms. The average Bonchev–Trinajstić information content (AvgIpc) is 2.59. The van der Waals surface area contributed by atoms with E-state index < -0.39 is 0 Å². The van der Waals surface area contributed by atoms with E-state index in [0.717, 1.165) is 19.0 Å². The first-order chi connectivity index (χ1) is 4.97. The maximum atomic E-state index is 3.81. The Morgan fingerprint density at radius 1 is 1.30 bits per heavy atom. The van der Waals surface area contributed by atoms with Crippen molar-refractivity contribution >= 4 is 5.95 Å². The van der Waals surface area contributed by atoms with Crippen LogP contribution < -0.4 is 4.90 Å². The highest BCUT2D eigenvalue weighted by Gasteiger charge is 2.26. The summed E-state index contributed by atoms with van der Waals surface area (Å²) < 4.78 is 0. The SMILES string of the molecule is C1CC[N+](c2nnn[nH]2)C1. The lowest BCUT2D eigenvalue weighted by atomic mass is 10.4. The van der Waals surface area contributed by atoms with Crippen molar-refractivity contribution in [1.29, 1.82) is 0 Å². The van der Waals surface area contributed by atoms with Crippen molar-refractivity contribution < 1.29 is 0 Å². The highest BCUT2D eigenvalue weighted by Crippen LogP contribution is 2.11. The molecule has 1 radical (unpaired) electrons. The maximum Gasteiger partial charge on any atom is 0.394 e. The van der Waals surface area contributed by atoms with Crippen LogP contribution in [0.4, 0.5) is 5.95 Å². The number of rotatable bonds is 1. The molecule has 0 unspecified atom stereocenters. The summed E-state index contributed by atoms with van der Waals surface area (Å²) in [5.74, 6) is 0.803. The van der Waals surface area contributed by atoms with Crippen LogP contribution in [0.2, 0.25) is 0 Å². The summed E-state index contributed by atoms with van der Waals surface area (Å²) in [6.45, 7) is 2.16.